The van der Waals surface area contributed by atoms with Crippen LogP contribution in [0.3, 0.4) is 0 Å². The Hall–Kier alpha value is -0.750. The highest BCUT2D eigenvalue weighted by atomic mass is 79.9. The molecule has 0 fully saturated rings. The molecule has 1 rings (SSSR count). The van der Waals surface area contributed by atoms with Crippen molar-refractivity contribution < 1.29 is 18.0 Å². The molecule has 0 saturated carbocycles. The van der Waals surface area contributed by atoms with E-state index >= 15 is 0 Å². The molecule has 1 aromatic carbocycles. The van der Waals surface area contributed by atoms with Crippen LogP contribution < -0.4 is 5.32 Å². The smallest absolute Gasteiger partial charge is 0.352 e. The molecule has 94 valence electrons. The second-order valence-corrected chi connectivity index (χ2v) is 4.45. The number of nitrogens with one attached hydrogen (secondary N) is 1. The van der Waals surface area contributed by atoms with Gasteiger partial charge >= 0.3 is 6.18 Å². The highest BCUT2D eigenvalue weighted by Crippen LogP contribution is 2.26. The first kappa shape index (κ1) is 14.3. The van der Waals surface area contributed by atoms with Crippen LogP contribution in [-0.4, -0.2) is 18.6 Å². The summed E-state index contributed by atoms with van der Waals surface area (Å²) in [5.74, 6) is -0.624. The summed E-state index contributed by atoms with van der Waals surface area (Å²) in [5, 5.41) is 2.34. The summed E-state index contributed by atoms with van der Waals surface area (Å²) >= 11 is 8.95. The molecule has 0 atom stereocenters. The highest BCUT2D eigenvalue weighted by molar-refractivity contribution is 9.10. The molecule has 1 N–H and O–H groups in total. The van der Waals surface area contributed by atoms with Crippen molar-refractivity contribution in [3.8, 4) is 0 Å². The lowest BCUT2D eigenvalue weighted by molar-refractivity contribution is -0.132. The summed E-state index contributed by atoms with van der Waals surface area (Å²) in [7, 11) is 0. The Kier molecular flexibility index (Phi) is 4.82. The van der Waals surface area contributed by atoms with Crippen molar-refractivity contribution in [1.82, 2.24) is 5.32 Å². The molecule has 0 bridgehead atoms. The van der Waals surface area contributed by atoms with Gasteiger partial charge in [-0.3, -0.25) is 4.79 Å². The lowest BCUT2D eigenvalue weighted by Gasteiger charge is -2.09. The quantitative estimate of drug-likeness (QED) is 0.898. The molecule has 0 aliphatic rings. The number of carbonyl (C=O) groups excluding carboxylic acids is 1. The second kappa shape index (κ2) is 5.73. The summed E-state index contributed by atoms with van der Waals surface area (Å²) in [6.07, 6.45) is -5.35. The summed E-state index contributed by atoms with van der Waals surface area (Å²) < 4.78 is 36.1. The number of halogens is 5. The number of benzene rings is 1. The zero-order valence-electron chi connectivity index (χ0n) is 8.44. The molecule has 7 heteroatoms. The second-order valence-electron chi connectivity index (χ2n) is 3.22. The van der Waals surface area contributed by atoms with Gasteiger partial charge < -0.3 is 5.32 Å². The maximum Gasteiger partial charge on any atom is 0.390 e. The van der Waals surface area contributed by atoms with Crippen molar-refractivity contribution in [2.24, 2.45) is 0 Å². The van der Waals surface area contributed by atoms with E-state index in [1.165, 1.54) is 6.07 Å². The van der Waals surface area contributed by atoms with Gasteiger partial charge in [-0.25, -0.2) is 0 Å². The first-order chi connectivity index (χ1) is 7.81. The van der Waals surface area contributed by atoms with E-state index in [0.717, 1.165) is 0 Å². The molecule has 0 aromatic heterocycles. The molecule has 0 saturated heterocycles. The summed E-state index contributed by atoms with van der Waals surface area (Å²) in [6.45, 7) is -0.467. The standard InChI is InChI=1S/C10H8BrClF3NO/c11-7-3-1-2-6(8(7)12)9(17)16-5-4-10(13,14)15/h1-3H,4-5H2,(H,16,17). The zero-order valence-corrected chi connectivity index (χ0v) is 10.8. The fourth-order valence-electron chi connectivity index (χ4n) is 1.09. The largest absolute Gasteiger partial charge is 0.390 e. The van der Waals surface area contributed by atoms with Crippen LogP contribution >= 0.6 is 27.5 Å². The van der Waals surface area contributed by atoms with E-state index in [-0.39, 0.29) is 10.6 Å². The van der Waals surface area contributed by atoms with Crippen molar-refractivity contribution in [2.75, 3.05) is 6.54 Å². The Bertz CT molecular complexity index is 423. The molecule has 0 unspecified atom stereocenters. The first-order valence-electron chi connectivity index (χ1n) is 4.60. The molecule has 0 heterocycles. The molecule has 0 radical (unpaired) electrons. The van der Waals surface area contributed by atoms with Crippen LogP contribution in [0.5, 0.6) is 0 Å². The fraction of sp³-hybridized carbons (Fsp3) is 0.300. The van der Waals surface area contributed by atoms with E-state index in [4.69, 9.17) is 11.6 Å². The average Bonchev–Trinajstić information content (AvgIpc) is 2.20. The van der Waals surface area contributed by atoms with Crippen molar-refractivity contribution in [2.45, 2.75) is 12.6 Å². The van der Waals surface area contributed by atoms with Gasteiger partial charge in [0.15, 0.2) is 0 Å². The molecule has 0 aliphatic carbocycles. The van der Waals surface area contributed by atoms with Gasteiger partial charge in [0, 0.05) is 11.0 Å². The van der Waals surface area contributed by atoms with Crippen LogP contribution in [0, 0.1) is 0 Å². The number of alkyl halides is 3. The minimum atomic E-state index is -4.28. The van der Waals surface area contributed by atoms with Crippen molar-refractivity contribution in [1.29, 1.82) is 0 Å². The SMILES string of the molecule is O=C(NCCC(F)(F)F)c1cccc(Br)c1Cl. The average molecular weight is 331 g/mol. The Balaban J connectivity index is 2.62. The van der Waals surface area contributed by atoms with Gasteiger partial charge in [0.25, 0.3) is 5.91 Å². The minimum Gasteiger partial charge on any atom is -0.352 e. The third-order valence-electron chi connectivity index (χ3n) is 1.89. The van der Waals surface area contributed by atoms with Crippen molar-refractivity contribution in [3.63, 3.8) is 0 Å². The van der Waals surface area contributed by atoms with Crippen LogP contribution in [0.25, 0.3) is 0 Å². The monoisotopic (exact) mass is 329 g/mol. The van der Waals surface area contributed by atoms with Crippen molar-refractivity contribution in [3.05, 3.63) is 33.3 Å². The van der Waals surface area contributed by atoms with E-state index in [0.29, 0.717) is 4.47 Å². The van der Waals surface area contributed by atoms with Crippen molar-refractivity contribution >= 4 is 33.4 Å². The predicted molar refractivity (Wildman–Crippen MR) is 62.2 cm³/mol. The molecular weight excluding hydrogens is 322 g/mol. The summed E-state index contributed by atoms with van der Waals surface area (Å²) in [5.41, 5.74) is 0.142. The van der Waals surface area contributed by atoms with Gasteiger partial charge in [-0.2, -0.15) is 13.2 Å². The lowest BCUT2D eigenvalue weighted by atomic mass is 10.2. The van der Waals surface area contributed by atoms with Gasteiger partial charge in [0.05, 0.1) is 17.0 Å². The number of rotatable bonds is 3. The van der Waals surface area contributed by atoms with E-state index in [1.54, 1.807) is 12.1 Å². The molecule has 17 heavy (non-hydrogen) atoms. The van der Waals surface area contributed by atoms with Gasteiger partial charge in [0.1, 0.15) is 0 Å². The van der Waals surface area contributed by atoms with Crippen LogP contribution in [0.4, 0.5) is 13.2 Å². The van der Waals surface area contributed by atoms with E-state index in [1.807, 2.05) is 0 Å². The predicted octanol–water partition coefficient (Wildman–Crippen LogP) is 3.78. The minimum absolute atomic E-state index is 0.142. The van der Waals surface area contributed by atoms with Crippen LogP contribution in [0.2, 0.25) is 5.02 Å². The van der Waals surface area contributed by atoms with E-state index < -0.39 is 25.0 Å². The normalized spacial score (nSPS) is 11.4. The van der Waals surface area contributed by atoms with E-state index in [9.17, 15) is 18.0 Å². The molecule has 1 aromatic rings. The molecular formula is C10H8BrClF3NO. The maximum atomic E-state index is 11.9. The Morgan fingerprint density at radius 2 is 2.06 bits per heavy atom. The summed E-state index contributed by atoms with van der Waals surface area (Å²) in [4.78, 5) is 11.5. The number of carbonyl (C=O) groups is 1. The Labute approximate surface area is 109 Å². The maximum absolute atomic E-state index is 11.9. The van der Waals surface area contributed by atoms with Gasteiger partial charge in [-0.15, -0.1) is 0 Å². The Morgan fingerprint density at radius 3 is 2.65 bits per heavy atom. The highest BCUT2D eigenvalue weighted by Gasteiger charge is 2.26. The number of hydrogen-bond donors (Lipinski definition) is 1. The zero-order chi connectivity index (χ0) is 13.1. The molecule has 0 spiro atoms. The number of amides is 1. The first-order valence-corrected chi connectivity index (χ1v) is 5.77. The molecule has 2 nitrogen and oxygen atoms in total. The third kappa shape index (κ3) is 4.55. The van der Waals surface area contributed by atoms with Gasteiger partial charge in [-0.05, 0) is 28.1 Å². The molecule has 0 aliphatic heterocycles. The van der Waals surface area contributed by atoms with Crippen LogP contribution in [-0.2, 0) is 0 Å². The summed E-state index contributed by atoms with van der Waals surface area (Å²) in [6, 6.07) is 4.65. The van der Waals surface area contributed by atoms with Gasteiger partial charge in [0.2, 0.25) is 0 Å². The van der Waals surface area contributed by atoms with E-state index in [2.05, 4.69) is 21.2 Å². The third-order valence-corrected chi connectivity index (χ3v) is 3.19. The molecule has 1 amide bonds. The number of hydrogen-bond acceptors (Lipinski definition) is 1. The Morgan fingerprint density at radius 1 is 1.41 bits per heavy atom. The van der Waals surface area contributed by atoms with Gasteiger partial charge in [-0.1, -0.05) is 17.7 Å². The van der Waals surface area contributed by atoms with Crippen LogP contribution in [0.15, 0.2) is 22.7 Å². The topological polar surface area (TPSA) is 29.1 Å². The van der Waals surface area contributed by atoms with Crippen LogP contribution in [0.1, 0.15) is 16.8 Å². The fourth-order valence-corrected chi connectivity index (χ4v) is 1.67. The lowest BCUT2D eigenvalue weighted by Crippen LogP contribution is -2.28.